The fourth-order valence-electron chi connectivity index (χ4n) is 3.95. The van der Waals surface area contributed by atoms with Crippen LogP contribution in [0.25, 0.3) is 5.69 Å². The number of nitrogens with one attached hydrogen (secondary N) is 1. The first-order valence-electron chi connectivity index (χ1n) is 8.83. The highest BCUT2D eigenvalue weighted by Gasteiger charge is 2.53. The number of hydrogen-bond acceptors (Lipinski definition) is 4. The van der Waals surface area contributed by atoms with Gasteiger partial charge < -0.3 is 5.32 Å². The average Bonchev–Trinajstić information content (AvgIpc) is 3.23. The number of amides is 3. The summed E-state index contributed by atoms with van der Waals surface area (Å²) < 4.78 is 1.94. The van der Waals surface area contributed by atoms with Crippen LogP contribution in [0.1, 0.15) is 23.4 Å². The number of urea groups is 1. The van der Waals surface area contributed by atoms with Crippen molar-refractivity contribution in [2.45, 2.75) is 32.4 Å². The third-order valence-corrected chi connectivity index (χ3v) is 5.31. The van der Waals surface area contributed by atoms with Gasteiger partial charge in [0.2, 0.25) is 0 Å². The first kappa shape index (κ1) is 16.8. The molecule has 1 N–H and O–H groups in total. The van der Waals surface area contributed by atoms with Crippen LogP contribution >= 0.6 is 0 Å². The van der Waals surface area contributed by atoms with E-state index in [0.29, 0.717) is 13.0 Å². The number of benzene rings is 1. The molecule has 2 fully saturated rings. The lowest BCUT2D eigenvalue weighted by Crippen LogP contribution is -2.49. The topological polar surface area (TPSA) is 70.5 Å². The minimum Gasteiger partial charge on any atom is -0.322 e. The van der Waals surface area contributed by atoms with Gasteiger partial charge in [-0.05, 0) is 44.0 Å². The molecule has 0 radical (unpaired) electrons. The average molecular weight is 353 g/mol. The van der Waals surface area contributed by atoms with Gasteiger partial charge >= 0.3 is 6.03 Å². The zero-order chi connectivity index (χ0) is 18.5. The second kappa shape index (κ2) is 5.95. The molecule has 1 aromatic carbocycles. The van der Waals surface area contributed by atoms with E-state index in [1.807, 2.05) is 18.5 Å². The SMILES string of the molecule is Cc1cc(C)n(-c2ccc(CN3CCC4(C3)NC(=O)N(C)C4=O)cc2)n1. The maximum atomic E-state index is 12.4. The zero-order valence-corrected chi connectivity index (χ0v) is 15.3. The number of hydrogen-bond donors (Lipinski definition) is 1. The van der Waals surface area contributed by atoms with Crippen LogP contribution in [0.15, 0.2) is 30.3 Å². The van der Waals surface area contributed by atoms with Crippen molar-refractivity contribution in [1.82, 2.24) is 24.9 Å². The summed E-state index contributed by atoms with van der Waals surface area (Å²) in [5, 5.41) is 7.38. The van der Waals surface area contributed by atoms with Crippen molar-refractivity contribution in [3.8, 4) is 5.69 Å². The predicted molar refractivity (Wildman–Crippen MR) is 97.0 cm³/mol. The number of imide groups is 1. The van der Waals surface area contributed by atoms with Gasteiger partial charge in [-0.1, -0.05) is 12.1 Å². The predicted octanol–water partition coefficient (Wildman–Crippen LogP) is 1.62. The molecule has 0 aliphatic carbocycles. The standard InChI is InChI=1S/C19H23N5O2/c1-13-10-14(2)24(21-13)16-6-4-15(5-7-16)11-23-9-8-19(12-23)17(25)22(3)18(26)20-19/h4-7,10H,8-9,11-12H2,1-3H3,(H,20,26). The van der Waals surface area contributed by atoms with Crippen LogP contribution in [0, 0.1) is 13.8 Å². The van der Waals surface area contributed by atoms with E-state index in [1.165, 1.54) is 17.5 Å². The maximum absolute atomic E-state index is 12.4. The molecule has 2 saturated heterocycles. The molecule has 2 aliphatic heterocycles. The Bertz CT molecular complexity index is 873. The molecule has 0 bridgehead atoms. The fraction of sp³-hybridized carbons (Fsp3) is 0.421. The van der Waals surface area contributed by atoms with E-state index in [9.17, 15) is 9.59 Å². The number of nitrogens with zero attached hydrogens (tertiary/aromatic N) is 4. The molecule has 1 aromatic heterocycles. The van der Waals surface area contributed by atoms with E-state index in [0.717, 1.165) is 30.2 Å². The molecular formula is C19H23N5O2. The summed E-state index contributed by atoms with van der Waals surface area (Å²) in [4.78, 5) is 27.6. The second-order valence-corrected chi connectivity index (χ2v) is 7.34. The molecule has 1 unspecified atom stereocenters. The summed E-state index contributed by atoms with van der Waals surface area (Å²) in [6.45, 7) is 6.13. The van der Waals surface area contributed by atoms with Crippen molar-refractivity contribution < 1.29 is 9.59 Å². The van der Waals surface area contributed by atoms with Crippen molar-refractivity contribution in [2.75, 3.05) is 20.1 Å². The minimum atomic E-state index is -0.741. The van der Waals surface area contributed by atoms with Crippen molar-refractivity contribution in [1.29, 1.82) is 0 Å². The number of carbonyl (C=O) groups is 2. The van der Waals surface area contributed by atoms with Crippen LogP contribution in [0.5, 0.6) is 0 Å². The number of rotatable bonds is 3. The summed E-state index contributed by atoms with van der Waals surface area (Å²) in [7, 11) is 1.53. The molecule has 0 saturated carbocycles. The molecule has 3 amide bonds. The molecule has 2 aromatic rings. The van der Waals surface area contributed by atoms with E-state index in [2.05, 4.69) is 45.6 Å². The third-order valence-electron chi connectivity index (χ3n) is 5.31. The van der Waals surface area contributed by atoms with Crippen molar-refractivity contribution >= 4 is 11.9 Å². The lowest BCUT2D eigenvalue weighted by Gasteiger charge is -2.21. The zero-order valence-electron chi connectivity index (χ0n) is 15.3. The lowest BCUT2D eigenvalue weighted by atomic mass is 9.99. The largest absolute Gasteiger partial charge is 0.324 e. The first-order valence-corrected chi connectivity index (χ1v) is 8.83. The highest BCUT2D eigenvalue weighted by atomic mass is 16.2. The summed E-state index contributed by atoms with van der Waals surface area (Å²) in [5.41, 5.74) is 3.59. The van der Waals surface area contributed by atoms with Crippen LogP contribution in [0.2, 0.25) is 0 Å². The Morgan fingerprint density at radius 2 is 1.92 bits per heavy atom. The Morgan fingerprint density at radius 1 is 1.19 bits per heavy atom. The van der Waals surface area contributed by atoms with Gasteiger partial charge in [-0.2, -0.15) is 5.10 Å². The Hall–Kier alpha value is -2.67. The first-order chi connectivity index (χ1) is 12.4. The van der Waals surface area contributed by atoms with Gasteiger partial charge in [-0.3, -0.25) is 14.6 Å². The van der Waals surface area contributed by atoms with E-state index in [-0.39, 0.29) is 11.9 Å². The van der Waals surface area contributed by atoms with Crippen LogP contribution in [0.4, 0.5) is 4.79 Å². The number of aryl methyl sites for hydroxylation is 2. The quantitative estimate of drug-likeness (QED) is 0.851. The summed E-state index contributed by atoms with van der Waals surface area (Å²) >= 11 is 0. The highest BCUT2D eigenvalue weighted by Crippen LogP contribution is 2.29. The van der Waals surface area contributed by atoms with Crippen LogP contribution in [-0.2, 0) is 11.3 Å². The van der Waals surface area contributed by atoms with Crippen LogP contribution in [-0.4, -0.2) is 57.2 Å². The Kier molecular flexibility index (Phi) is 3.84. The van der Waals surface area contributed by atoms with Gasteiger partial charge in [0.05, 0.1) is 11.4 Å². The molecular weight excluding hydrogens is 330 g/mol. The van der Waals surface area contributed by atoms with Crippen LogP contribution in [0.3, 0.4) is 0 Å². The number of likely N-dealkylation sites (N-methyl/N-ethyl adjacent to an activating group) is 1. The second-order valence-electron chi connectivity index (χ2n) is 7.34. The maximum Gasteiger partial charge on any atom is 0.324 e. The Morgan fingerprint density at radius 3 is 2.50 bits per heavy atom. The molecule has 7 heteroatoms. The van der Waals surface area contributed by atoms with Gasteiger partial charge in [0, 0.05) is 32.4 Å². The third kappa shape index (κ3) is 2.68. The fourth-order valence-corrected chi connectivity index (χ4v) is 3.95. The summed E-state index contributed by atoms with van der Waals surface area (Å²) in [5.74, 6) is -0.120. The molecule has 1 spiro atoms. The van der Waals surface area contributed by atoms with E-state index in [1.54, 1.807) is 0 Å². The van der Waals surface area contributed by atoms with Crippen molar-refractivity contribution in [3.05, 3.63) is 47.3 Å². The highest BCUT2D eigenvalue weighted by molar-refractivity contribution is 6.07. The molecule has 2 aliphatic rings. The van der Waals surface area contributed by atoms with Gasteiger partial charge in [0.25, 0.3) is 5.91 Å². The van der Waals surface area contributed by atoms with Crippen molar-refractivity contribution in [2.24, 2.45) is 0 Å². The monoisotopic (exact) mass is 353 g/mol. The number of likely N-dealkylation sites (tertiary alicyclic amines) is 1. The normalized spacial score (nSPS) is 23.3. The number of carbonyl (C=O) groups excluding carboxylic acids is 2. The molecule has 7 nitrogen and oxygen atoms in total. The molecule has 26 heavy (non-hydrogen) atoms. The van der Waals surface area contributed by atoms with E-state index >= 15 is 0 Å². The van der Waals surface area contributed by atoms with E-state index < -0.39 is 5.54 Å². The van der Waals surface area contributed by atoms with E-state index in [4.69, 9.17) is 0 Å². The van der Waals surface area contributed by atoms with Crippen LogP contribution < -0.4 is 5.32 Å². The smallest absolute Gasteiger partial charge is 0.322 e. The summed E-state index contributed by atoms with van der Waals surface area (Å²) in [6.07, 6.45) is 0.658. The molecule has 136 valence electrons. The van der Waals surface area contributed by atoms with Gasteiger partial charge in [-0.25, -0.2) is 9.48 Å². The lowest BCUT2D eigenvalue weighted by molar-refractivity contribution is -0.130. The molecule has 4 rings (SSSR count). The van der Waals surface area contributed by atoms with Gasteiger partial charge in [-0.15, -0.1) is 0 Å². The summed E-state index contributed by atoms with van der Waals surface area (Å²) in [6, 6.07) is 10.1. The molecule has 1 atom stereocenters. The van der Waals surface area contributed by atoms with Gasteiger partial charge in [0.15, 0.2) is 0 Å². The molecule has 3 heterocycles. The Balaban J connectivity index is 1.45. The Labute approximate surface area is 152 Å². The number of aromatic nitrogens is 2. The van der Waals surface area contributed by atoms with Gasteiger partial charge in [0.1, 0.15) is 5.54 Å². The van der Waals surface area contributed by atoms with Crippen molar-refractivity contribution in [3.63, 3.8) is 0 Å². The minimum absolute atomic E-state index is 0.120.